The van der Waals surface area contributed by atoms with Crippen molar-refractivity contribution in [3.05, 3.63) is 115 Å². The Bertz CT molecular complexity index is 1570. The molecule has 0 atom stereocenters. The molecular weight excluding hydrogens is 374 g/mol. The minimum Gasteiger partial charge on any atom is -0.248 e. The van der Waals surface area contributed by atoms with Crippen LogP contribution in [0.2, 0.25) is 0 Å². The molecule has 0 amide bonds. The van der Waals surface area contributed by atoms with Crippen LogP contribution in [0.15, 0.2) is 109 Å². The quantitative estimate of drug-likeness (QED) is 0.269. The largest absolute Gasteiger partial charge is 0.248 e. The standard InChI is InChI=1S/C30H21N/c1-20-13-15-23(16-14-20)27-19-29(26-12-6-9-21-7-2-4-10-24(21)26)31-28-18-17-22-8-3-5-11-25(22)30(27)28/h2-19H,1H3. The monoisotopic (exact) mass is 395 g/mol. The van der Waals surface area contributed by atoms with E-state index < -0.39 is 0 Å². The Labute approximate surface area is 181 Å². The smallest absolute Gasteiger partial charge is 0.0722 e. The van der Waals surface area contributed by atoms with Gasteiger partial charge in [0.1, 0.15) is 0 Å². The number of rotatable bonds is 2. The van der Waals surface area contributed by atoms with Crippen LogP contribution in [-0.2, 0) is 0 Å². The average Bonchev–Trinajstić information content (AvgIpc) is 2.83. The van der Waals surface area contributed by atoms with E-state index in [-0.39, 0.29) is 0 Å². The third-order valence-electron chi connectivity index (χ3n) is 6.13. The van der Waals surface area contributed by atoms with Gasteiger partial charge in [0.05, 0.1) is 11.2 Å². The Morgan fingerprint density at radius 2 is 1.23 bits per heavy atom. The van der Waals surface area contributed by atoms with Crippen molar-refractivity contribution in [3.63, 3.8) is 0 Å². The zero-order valence-corrected chi connectivity index (χ0v) is 17.3. The lowest BCUT2D eigenvalue weighted by Gasteiger charge is -2.14. The van der Waals surface area contributed by atoms with Gasteiger partial charge in [-0.05, 0) is 51.7 Å². The highest BCUT2D eigenvalue weighted by Gasteiger charge is 2.14. The normalized spacial score (nSPS) is 11.4. The summed E-state index contributed by atoms with van der Waals surface area (Å²) < 4.78 is 0. The van der Waals surface area contributed by atoms with Gasteiger partial charge in [-0.2, -0.15) is 0 Å². The molecule has 0 saturated carbocycles. The minimum atomic E-state index is 1.01. The second-order valence-electron chi connectivity index (χ2n) is 8.13. The molecule has 1 heteroatoms. The summed E-state index contributed by atoms with van der Waals surface area (Å²) in [5.74, 6) is 0. The van der Waals surface area contributed by atoms with Crippen LogP contribution in [0.1, 0.15) is 5.56 Å². The van der Waals surface area contributed by atoms with E-state index in [4.69, 9.17) is 4.98 Å². The molecule has 0 radical (unpaired) electrons. The first-order chi connectivity index (χ1) is 15.3. The molecule has 0 unspecified atom stereocenters. The third-order valence-corrected chi connectivity index (χ3v) is 6.13. The van der Waals surface area contributed by atoms with Gasteiger partial charge in [-0.15, -0.1) is 0 Å². The first-order valence-electron chi connectivity index (χ1n) is 10.7. The van der Waals surface area contributed by atoms with Crippen molar-refractivity contribution in [1.82, 2.24) is 4.98 Å². The molecule has 0 aliphatic rings. The van der Waals surface area contributed by atoms with Crippen LogP contribution in [0.4, 0.5) is 0 Å². The highest BCUT2D eigenvalue weighted by molar-refractivity contribution is 6.14. The van der Waals surface area contributed by atoms with Gasteiger partial charge in [-0.3, -0.25) is 0 Å². The van der Waals surface area contributed by atoms with Gasteiger partial charge >= 0.3 is 0 Å². The van der Waals surface area contributed by atoms with Crippen LogP contribution in [0, 0.1) is 6.92 Å². The van der Waals surface area contributed by atoms with Crippen molar-refractivity contribution in [1.29, 1.82) is 0 Å². The molecular formula is C30H21N. The van der Waals surface area contributed by atoms with E-state index >= 15 is 0 Å². The average molecular weight is 396 g/mol. The highest BCUT2D eigenvalue weighted by atomic mass is 14.7. The summed E-state index contributed by atoms with van der Waals surface area (Å²) in [4.78, 5) is 5.15. The molecule has 0 aliphatic carbocycles. The number of hydrogen-bond acceptors (Lipinski definition) is 1. The van der Waals surface area contributed by atoms with Crippen molar-refractivity contribution in [2.75, 3.05) is 0 Å². The fourth-order valence-corrected chi connectivity index (χ4v) is 4.55. The first-order valence-corrected chi connectivity index (χ1v) is 10.7. The van der Waals surface area contributed by atoms with Gasteiger partial charge in [0.15, 0.2) is 0 Å². The van der Waals surface area contributed by atoms with Crippen molar-refractivity contribution in [2.24, 2.45) is 0 Å². The molecule has 1 heterocycles. The number of fused-ring (bicyclic) bond motifs is 4. The first kappa shape index (κ1) is 17.9. The lowest BCUT2D eigenvalue weighted by atomic mass is 9.93. The number of pyridine rings is 1. The van der Waals surface area contributed by atoms with Crippen LogP contribution in [0.5, 0.6) is 0 Å². The van der Waals surface area contributed by atoms with Crippen LogP contribution in [0.25, 0.3) is 54.8 Å². The van der Waals surface area contributed by atoms with Gasteiger partial charge in [0.25, 0.3) is 0 Å². The SMILES string of the molecule is Cc1ccc(-c2cc(-c3cccc4ccccc34)nc3ccc4ccccc4c23)cc1. The van der Waals surface area contributed by atoms with E-state index in [1.165, 1.54) is 49.2 Å². The molecule has 0 spiro atoms. The predicted octanol–water partition coefficient (Wildman–Crippen LogP) is 8.18. The third kappa shape index (κ3) is 2.98. The van der Waals surface area contributed by atoms with Crippen LogP contribution in [-0.4, -0.2) is 4.98 Å². The van der Waals surface area contributed by atoms with Crippen LogP contribution >= 0.6 is 0 Å². The summed E-state index contributed by atoms with van der Waals surface area (Å²) in [6, 6.07) is 39.0. The maximum atomic E-state index is 5.15. The lowest BCUT2D eigenvalue weighted by molar-refractivity contribution is 1.41. The van der Waals surface area contributed by atoms with E-state index in [9.17, 15) is 0 Å². The zero-order valence-electron chi connectivity index (χ0n) is 17.3. The number of aromatic nitrogens is 1. The van der Waals surface area contributed by atoms with Gasteiger partial charge < -0.3 is 0 Å². The summed E-state index contributed by atoms with van der Waals surface area (Å²) in [6.45, 7) is 2.13. The Hall–Kier alpha value is -3.97. The minimum absolute atomic E-state index is 1.01. The maximum Gasteiger partial charge on any atom is 0.0722 e. The molecule has 0 saturated heterocycles. The molecule has 0 fully saturated rings. The molecule has 146 valence electrons. The van der Waals surface area contributed by atoms with Crippen molar-refractivity contribution in [3.8, 4) is 22.4 Å². The summed E-state index contributed by atoms with van der Waals surface area (Å²) in [5.41, 5.74) is 6.92. The Morgan fingerprint density at radius 3 is 2.03 bits per heavy atom. The Morgan fingerprint density at radius 1 is 0.548 bits per heavy atom. The summed E-state index contributed by atoms with van der Waals surface area (Å²) in [7, 11) is 0. The summed E-state index contributed by atoms with van der Waals surface area (Å²) in [5, 5.41) is 6.16. The predicted molar refractivity (Wildman–Crippen MR) is 132 cm³/mol. The maximum absolute atomic E-state index is 5.15. The topological polar surface area (TPSA) is 12.9 Å². The van der Waals surface area contributed by atoms with E-state index in [1.54, 1.807) is 0 Å². The second-order valence-corrected chi connectivity index (χ2v) is 8.13. The number of nitrogens with zero attached hydrogens (tertiary/aromatic N) is 1. The fraction of sp³-hybridized carbons (Fsp3) is 0.0333. The Kier molecular flexibility index (Phi) is 4.07. The van der Waals surface area contributed by atoms with Gasteiger partial charge in [-0.25, -0.2) is 4.98 Å². The molecule has 5 aromatic carbocycles. The lowest BCUT2D eigenvalue weighted by Crippen LogP contribution is -1.92. The molecule has 0 aliphatic heterocycles. The van der Waals surface area contributed by atoms with Gasteiger partial charge in [0, 0.05) is 10.9 Å². The van der Waals surface area contributed by atoms with Crippen molar-refractivity contribution < 1.29 is 0 Å². The van der Waals surface area contributed by atoms with E-state index in [2.05, 4.69) is 116 Å². The van der Waals surface area contributed by atoms with Crippen molar-refractivity contribution >= 4 is 32.4 Å². The van der Waals surface area contributed by atoms with E-state index in [0.29, 0.717) is 0 Å². The number of benzene rings is 5. The molecule has 6 rings (SSSR count). The summed E-state index contributed by atoms with van der Waals surface area (Å²) in [6.07, 6.45) is 0. The number of aryl methyl sites for hydroxylation is 1. The second kappa shape index (κ2) is 7.07. The zero-order chi connectivity index (χ0) is 20.8. The van der Waals surface area contributed by atoms with Crippen LogP contribution < -0.4 is 0 Å². The van der Waals surface area contributed by atoms with E-state index in [0.717, 1.165) is 11.2 Å². The molecule has 1 nitrogen and oxygen atoms in total. The summed E-state index contributed by atoms with van der Waals surface area (Å²) >= 11 is 0. The molecule has 1 aromatic heterocycles. The van der Waals surface area contributed by atoms with Crippen LogP contribution in [0.3, 0.4) is 0 Å². The number of hydrogen-bond donors (Lipinski definition) is 0. The molecule has 31 heavy (non-hydrogen) atoms. The molecule has 0 N–H and O–H groups in total. The van der Waals surface area contributed by atoms with Crippen molar-refractivity contribution in [2.45, 2.75) is 6.92 Å². The van der Waals surface area contributed by atoms with E-state index in [1.807, 2.05) is 0 Å². The fourth-order valence-electron chi connectivity index (χ4n) is 4.55. The molecule has 6 aromatic rings. The molecule has 0 bridgehead atoms. The van der Waals surface area contributed by atoms with Gasteiger partial charge in [-0.1, -0.05) is 103 Å². The van der Waals surface area contributed by atoms with Gasteiger partial charge in [0.2, 0.25) is 0 Å². The Balaban J connectivity index is 1.73. The highest BCUT2D eigenvalue weighted by Crippen LogP contribution is 2.38.